The third kappa shape index (κ3) is 4.60. The Balaban J connectivity index is 1.88. The summed E-state index contributed by atoms with van der Waals surface area (Å²) in [6.07, 6.45) is -0.996. The lowest BCUT2D eigenvalue weighted by Crippen LogP contribution is -2.50. The first-order chi connectivity index (χ1) is 13.6. The predicted octanol–water partition coefficient (Wildman–Crippen LogP) is 3.53. The van der Waals surface area contributed by atoms with Crippen molar-refractivity contribution in [2.75, 3.05) is 31.1 Å². The largest absolute Gasteiger partial charge is 0.444 e. The van der Waals surface area contributed by atoms with Gasteiger partial charge < -0.3 is 19.6 Å². The van der Waals surface area contributed by atoms with E-state index >= 15 is 0 Å². The molecule has 1 aromatic carbocycles. The number of carbonyl (C=O) groups is 1. The first-order valence-electron chi connectivity index (χ1n) is 9.85. The number of nitriles is 1. The number of anilines is 1. The summed E-state index contributed by atoms with van der Waals surface area (Å²) in [4.78, 5) is 20.8. The fourth-order valence-electron chi connectivity index (χ4n) is 3.51. The molecule has 3 rings (SSSR count). The van der Waals surface area contributed by atoms with Crippen LogP contribution in [0.5, 0.6) is 0 Å². The highest BCUT2D eigenvalue weighted by atomic mass is 16.6. The van der Waals surface area contributed by atoms with E-state index in [-0.39, 0.29) is 6.09 Å². The Hall–Kier alpha value is -2.85. The van der Waals surface area contributed by atoms with Crippen LogP contribution in [0.3, 0.4) is 0 Å². The average Bonchev–Trinajstić information content (AvgIpc) is 2.65. The maximum Gasteiger partial charge on any atom is 0.410 e. The smallest absolute Gasteiger partial charge is 0.410 e. The van der Waals surface area contributed by atoms with Crippen molar-refractivity contribution >= 4 is 22.8 Å². The minimum atomic E-state index is -0.685. The molecule has 1 atom stereocenters. The highest BCUT2D eigenvalue weighted by Crippen LogP contribution is 2.30. The van der Waals surface area contributed by atoms with Gasteiger partial charge in [-0.3, -0.25) is 0 Å². The van der Waals surface area contributed by atoms with Gasteiger partial charge in [0, 0.05) is 37.1 Å². The molecule has 1 fully saturated rings. The van der Waals surface area contributed by atoms with Gasteiger partial charge in [0.05, 0.1) is 23.3 Å². The Morgan fingerprint density at radius 3 is 2.45 bits per heavy atom. The lowest BCUT2D eigenvalue weighted by molar-refractivity contribution is 0.0240. The van der Waals surface area contributed by atoms with Gasteiger partial charge in [0.15, 0.2) is 0 Å². The second kappa shape index (κ2) is 7.88. The number of aliphatic hydroxyl groups excluding tert-OH is 1. The van der Waals surface area contributed by atoms with Gasteiger partial charge in [-0.25, -0.2) is 9.78 Å². The zero-order valence-corrected chi connectivity index (χ0v) is 17.7. The lowest BCUT2D eigenvalue weighted by atomic mass is 9.99. The lowest BCUT2D eigenvalue weighted by Gasteiger charge is -2.36. The first kappa shape index (κ1) is 20.9. The third-order valence-electron chi connectivity index (χ3n) is 4.90. The highest BCUT2D eigenvalue weighted by molar-refractivity contribution is 5.90. The van der Waals surface area contributed by atoms with Gasteiger partial charge in [0.25, 0.3) is 0 Å². The van der Waals surface area contributed by atoms with Gasteiger partial charge in [-0.15, -0.1) is 0 Å². The Labute approximate surface area is 171 Å². The number of piperazine rings is 1. The van der Waals surface area contributed by atoms with E-state index in [0.29, 0.717) is 48.6 Å². The van der Waals surface area contributed by atoms with E-state index < -0.39 is 11.7 Å². The monoisotopic (exact) mass is 396 g/mol. The highest BCUT2D eigenvalue weighted by Gasteiger charge is 2.27. The number of hydrogen-bond donors (Lipinski definition) is 1. The molecule has 0 aliphatic carbocycles. The van der Waals surface area contributed by atoms with E-state index in [1.165, 1.54) is 0 Å². The molecular weight excluding hydrogens is 368 g/mol. The van der Waals surface area contributed by atoms with Crippen molar-refractivity contribution in [2.45, 2.75) is 46.3 Å². The van der Waals surface area contributed by atoms with Gasteiger partial charge >= 0.3 is 6.09 Å². The van der Waals surface area contributed by atoms with Gasteiger partial charge in [0.2, 0.25) is 0 Å². The number of benzene rings is 1. The second-order valence-electron chi connectivity index (χ2n) is 8.52. The minimum absolute atomic E-state index is 0.312. The SMILES string of the molecule is Cc1cc(C(C)O)c2nc(N3CCN(C(=O)OC(C)(C)C)CC3)cc(C#N)c2c1. The van der Waals surface area contributed by atoms with Crippen molar-refractivity contribution in [3.05, 3.63) is 34.9 Å². The van der Waals surface area contributed by atoms with Crippen molar-refractivity contribution in [3.63, 3.8) is 0 Å². The minimum Gasteiger partial charge on any atom is -0.444 e. The second-order valence-corrected chi connectivity index (χ2v) is 8.52. The molecular formula is C22H28N4O3. The van der Waals surface area contributed by atoms with E-state index in [9.17, 15) is 15.2 Å². The maximum absolute atomic E-state index is 12.3. The van der Waals surface area contributed by atoms with E-state index in [1.807, 2.05) is 39.8 Å². The summed E-state index contributed by atoms with van der Waals surface area (Å²) in [7, 11) is 0. The van der Waals surface area contributed by atoms with Crippen LogP contribution >= 0.6 is 0 Å². The van der Waals surface area contributed by atoms with Crippen LogP contribution in [0.1, 0.15) is 50.5 Å². The van der Waals surface area contributed by atoms with Crippen LogP contribution in [0.2, 0.25) is 0 Å². The summed E-state index contributed by atoms with van der Waals surface area (Å²) in [6, 6.07) is 7.89. The number of rotatable bonds is 2. The summed E-state index contributed by atoms with van der Waals surface area (Å²) in [6.45, 7) is 11.4. The maximum atomic E-state index is 12.3. The van der Waals surface area contributed by atoms with Gasteiger partial charge in [-0.2, -0.15) is 5.26 Å². The normalized spacial score (nSPS) is 15.9. The molecule has 1 aliphatic rings. The van der Waals surface area contributed by atoms with Crippen LogP contribution in [0.4, 0.5) is 10.6 Å². The Morgan fingerprint density at radius 1 is 1.24 bits per heavy atom. The van der Waals surface area contributed by atoms with E-state index in [4.69, 9.17) is 9.72 Å². The summed E-state index contributed by atoms with van der Waals surface area (Å²) in [5, 5.41) is 20.6. The molecule has 154 valence electrons. The molecule has 1 aliphatic heterocycles. The molecule has 1 unspecified atom stereocenters. The molecule has 29 heavy (non-hydrogen) atoms. The summed E-state index contributed by atoms with van der Waals surface area (Å²) < 4.78 is 5.45. The fourth-order valence-corrected chi connectivity index (χ4v) is 3.51. The number of hydrogen-bond acceptors (Lipinski definition) is 6. The molecule has 0 radical (unpaired) electrons. The Kier molecular flexibility index (Phi) is 5.67. The number of pyridine rings is 1. The van der Waals surface area contributed by atoms with Crippen LogP contribution in [-0.2, 0) is 4.74 Å². The molecule has 7 heteroatoms. The quantitative estimate of drug-likeness (QED) is 0.835. The molecule has 1 amide bonds. The van der Waals surface area contributed by atoms with Gasteiger partial charge in [-0.05, 0) is 52.3 Å². The Morgan fingerprint density at radius 2 is 1.90 bits per heavy atom. The molecule has 0 spiro atoms. The molecule has 1 N–H and O–H groups in total. The van der Waals surface area contributed by atoms with Crippen molar-refractivity contribution in [1.82, 2.24) is 9.88 Å². The molecule has 2 aromatic rings. The van der Waals surface area contributed by atoms with Gasteiger partial charge in [-0.1, -0.05) is 6.07 Å². The van der Waals surface area contributed by atoms with E-state index in [0.717, 1.165) is 10.9 Å². The summed E-state index contributed by atoms with van der Waals surface area (Å²) in [5.74, 6) is 0.684. The summed E-state index contributed by atoms with van der Waals surface area (Å²) in [5.41, 5.74) is 2.35. The summed E-state index contributed by atoms with van der Waals surface area (Å²) >= 11 is 0. The van der Waals surface area contributed by atoms with Crippen molar-refractivity contribution in [2.24, 2.45) is 0 Å². The zero-order valence-electron chi connectivity index (χ0n) is 17.7. The number of nitrogens with zero attached hydrogens (tertiary/aromatic N) is 4. The zero-order chi connectivity index (χ0) is 21.3. The molecule has 0 bridgehead atoms. The van der Waals surface area contributed by atoms with Crippen molar-refractivity contribution < 1.29 is 14.6 Å². The van der Waals surface area contributed by atoms with Crippen molar-refractivity contribution in [3.8, 4) is 6.07 Å². The number of ether oxygens (including phenoxy) is 1. The van der Waals surface area contributed by atoms with Crippen LogP contribution in [0.15, 0.2) is 18.2 Å². The number of carbonyl (C=O) groups excluding carboxylic acids is 1. The van der Waals surface area contributed by atoms with Crippen LogP contribution < -0.4 is 4.90 Å². The predicted molar refractivity (Wildman–Crippen MR) is 112 cm³/mol. The topological polar surface area (TPSA) is 89.7 Å². The van der Waals surface area contributed by atoms with Crippen LogP contribution in [-0.4, -0.2) is 52.9 Å². The van der Waals surface area contributed by atoms with E-state index in [2.05, 4.69) is 11.0 Å². The van der Waals surface area contributed by atoms with Crippen LogP contribution in [0.25, 0.3) is 10.9 Å². The molecule has 1 saturated heterocycles. The van der Waals surface area contributed by atoms with Crippen LogP contribution in [0, 0.1) is 18.3 Å². The third-order valence-corrected chi connectivity index (χ3v) is 4.90. The first-order valence-corrected chi connectivity index (χ1v) is 9.85. The number of aromatic nitrogens is 1. The number of aryl methyl sites for hydroxylation is 1. The average molecular weight is 396 g/mol. The number of aliphatic hydroxyl groups is 1. The number of fused-ring (bicyclic) bond motifs is 1. The number of amides is 1. The fraction of sp³-hybridized carbons (Fsp3) is 0.500. The molecule has 0 saturated carbocycles. The Bertz CT molecular complexity index is 965. The molecule has 7 nitrogen and oxygen atoms in total. The molecule has 2 heterocycles. The van der Waals surface area contributed by atoms with Crippen molar-refractivity contribution in [1.29, 1.82) is 5.26 Å². The van der Waals surface area contributed by atoms with E-state index in [1.54, 1.807) is 17.9 Å². The van der Waals surface area contributed by atoms with Gasteiger partial charge in [0.1, 0.15) is 11.4 Å². The standard InChI is InChI=1S/C22H28N4O3/c1-14-10-17(15(2)27)20-18(11-14)16(13-23)12-19(24-20)25-6-8-26(9-7-25)21(28)29-22(3,4)5/h10-12,15,27H,6-9H2,1-5H3. The molecule has 1 aromatic heterocycles.